The van der Waals surface area contributed by atoms with E-state index in [9.17, 15) is 0 Å². The number of aliphatic imine (C=N–C) groups is 1. The quantitative estimate of drug-likeness (QED) is 0.682. The van der Waals surface area contributed by atoms with Crippen LogP contribution in [-0.2, 0) is 0 Å². The molecular weight excluding hydrogens is 340 g/mol. The first kappa shape index (κ1) is 15.5. The van der Waals surface area contributed by atoms with Crippen molar-refractivity contribution in [1.29, 1.82) is 0 Å². The average molecular weight is 360 g/mol. The number of rotatable bonds is 1. The molecule has 0 atom stereocenters. The summed E-state index contributed by atoms with van der Waals surface area (Å²) < 4.78 is 0. The molecule has 0 amide bonds. The summed E-state index contributed by atoms with van der Waals surface area (Å²) in [4.78, 5) is 9.92. The molecule has 1 aromatic heterocycles. The predicted molar refractivity (Wildman–Crippen MR) is 110 cm³/mol. The first-order valence-corrected chi connectivity index (χ1v) is 9.89. The van der Waals surface area contributed by atoms with Gasteiger partial charge in [-0.05, 0) is 24.3 Å². The summed E-state index contributed by atoms with van der Waals surface area (Å²) >= 11 is 1.72. The van der Waals surface area contributed by atoms with Gasteiger partial charge in [-0.2, -0.15) is 0 Å². The van der Waals surface area contributed by atoms with Gasteiger partial charge in [-0.3, -0.25) is 0 Å². The second-order valence-electron chi connectivity index (χ2n) is 6.59. The van der Waals surface area contributed by atoms with Crippen LogP contribution in [0.1, 0.15) is 5.56 Å². The molecule has 26 heavy (non-hydrogen) atoms. The van der Waals surface area contributed by atoms with Gasteiger partial charge in [0.1, 0.15) is 5.84 Å². The third kappa shape index (κ3) is 2.74. The maximum absolute atomic E-state index is 5.04. The number of piperazine rings is 1. The summed E-state index contributed by atoms with van der Waals surface area (Å²) in [5, 5.41) is 7.92. The standard InChI is InChI=1S/C21H20N4S/c1-2-6-16(7-3-1)24-10-12-25(13-11-24)21-17-14-26-15-20(17)22-18-8-4-5-9-19(18)23-21/h1-9,14-15,22H,10-13H2. The topological polar surface area (TPSA) is 30.9 Å². The Hall–Kier alpha value is -2.79. The van der Waals surface area contributed by atoms with Crippen molar-refractivity contribution in [3.63, 3.8) is 0 Å². The van der Waals surface area contributed by atoms with Crippen LogP contribution in [0.15, 0.2) is 70.3 Å². The number of nitrogens with one attached hydrogen (secondary N) is 1. The van der Waals surface area contributed by atoms with Crippen LogP contribution in [0.5, 0.6) is 0 Å². The van der Waals surface area contributed by atoms with Crippen molar-refractivity contribution in [2.24, 2.45) is 4.99 Å². The maximum atomic E-state index is 5.04. The average Bonchev–Trinajstić information content (AvgIpc) is 3.10. The monoisotopic (exact) mass is 360 g/mol. The van der Waals surface area contributed by atoms with Gasteiger partial charge in [0.2, 0.25) is 0 Å². The molecule has 1 fully saturated rings. The number of benzene rings is 2. The number of amidine groups is 1. The van der Waals surface area contributed by atoms with Gasteiger partial charge in [-0.15, -0.1) is 11.3 Å². The van der Waals surface area contributed by atoms with Crippen LogP contribution in [0.3, 0.4) is 0 Å². The van der Waals surface area contributed by atoms with E-state index in [2.05, 4.69) is 74.4 Å². The van der Waals surface area contributed by atoms with Crippen LogP contribution in [0.25, 0.3) is 0 Å². The molecule has 0 bridgehead atoms. The van der Waals surface area contributed by atoms with Gasteiger partial charge in [0.15, 0.2) is 0 Å². The van der Waals surface area contributed by atoms with Crippen molar-refractivity contribution < 1.29 is 0 Å². The van der Waals surface area contributed by atoms with Crippen molar-refractivity contribution >= 4 is 39.9 Å². The zero-order chi connectivity index (χ0) is 17.3. The Labute approximate surface area is 157 Å². The molecule has 130 valence electrons. The van der Waals surface area contributed by atoms with Crippen molar-refractivity contribution in [2.45, 2.75) is 0 Å². The SMILES string of the molecule is c1ccc(N2CCN(C3=Nc4ccccc4Nc4cscc43)CC2)cc1. The summed E-state index contributed by atoms with van der Waals surface area (Å²) in [6.45, 7) is 3.98. The van der Waals surface area contributed by atoms with Gasteiger partial charge in [-0.1, -0.05) is 30.3 Å². The predicted octanol–water partition coefficient (Wildman–Crippen LogP) is 4.71. The largest absolute Gasteiger partial charge is 0.368 e. The van der Waals surface area contributed by atoms with E-state index < -0.39 is 0 Å². The molecule has 1 N–H and O–H groups in total. The highest BCUT2D eigenvalue weighted by Crippen LogP contribution is 2.36. The Morgan fingerprint density at radius 1 is 0.769 bits per heavy atom. The van der Waals surface area contributed by atoms with E-state index in [4.69, 9.17) is 4.99 Å². The highest BCUT2D eigenvalue weighted by atomic mass is 32.1. The molecule has 5 rings (SSSR count). The smallest absolute Gasteiger partial charge is 0.139 e. The van der Waals surface area contributed by atoms with E-state index in [1.54, 1.807) is 11.3 Å². The van der Waals surface area contributed by atoms with Crippen LogP contribution >= 0.6 is 11.3 Å². The lowest BCUT2D eigenvalue weighted by molar-refractivity contribution is 0.387. The summed E-state index contributed by atoms with van der Waals surface area (Å²) in [6.07, 6.45) is 0. The Bertz CT molecular complexity index is 939. The Morgan fingerprint density at radius 2 is 1.50 bits per heavy atom. The second kappa shape index (κ2) is 6.50. The molecule has 2 aliphatic rings. The summed E-state index contributed by atoms with van der Waals surface area (Å²) in [5.74, 6) is 1.09. The first-order valence-electron chi connectivity index (χ1n) is 8.95. The van der Waals surface area contributed by atoms with E-state index in [1.165, 1.54) is 11.3 Å². The third-order valence-corrected chi connectivity index (χ3v) is 5.75. The van der Waals surface area contributed by atoms with Crippen molar-refractivity contribution in [2.75, 3.05) is 36.4 Å². The highest BCUT2D eigenvalue weighted by Gasteiger charge is 2.25. The number of nitrogens with zero attached hydrogens (tertiary/aromatic N) is 3. The van der Waals surface area contributed by atoms with Gasteiger partial charge < -0.3 is 15.1 Å². The van der Waals surface area contributed by atoms with Crippen LogP contribution in [-0.4, -0.2) is 36.9 Å². The van der Waals surface area contributed by atoms with Gasteiger partial charge in [-0.25, -0.2) is 4.99 Å². The Kier molecular flexibility index (Phi) is 3.87. The normalized spacial score (nSPS) is 16.2. The summed E-state index contributed by atoms with van der Waals surface area (Å²) in [6, 6.07) is 18.9. The highest BCUT2D eigenvalue weighted by molar-refractivity contribution is 7.08. The fourth-order valence-corrected chi connectivity index (χ4v) is 4.38. The molecule has 0 radical (unpaired) electrons. The number of thiophene rings is 1. The molecule has 0 unspecified atom stereocenters. The molecule has 0 aliphatic carbocycles. The van der Waals surface area contributed by atoms with Gasteiger partial charge in [0, 0.05) is 42.6 Å². The minimum absolute atomic E-state index is 0.977. The summed E-state index contributed by atoms with van der Waals surface area (Å²) in [7, 11) is 0. The van der Waals surface area contributed by atoms with E-state index in [0.717, 1.165) is 49.1 Å². The molecule has 4 nitrogen and oxygen atoms in total. The number of hydrogen-bond donors (Lipinski definition) is 1. The van der Waals surface area contributed by atoms with Crippen LogP contribution in [0.4, 0.5) is 22.7 Å². The zero-order valence-corrected chi connectivity index (χ0v) is 15.2. The van der Waals surface area contributed by atoms with E-state index in [0.29, 0.717) is 0 Å². The lowest BCUT2D eigenvalue weighted by Crippen LogP contribution is -2.49. The number of para-hydroxylation sites is 3. The Morgan fingerprint density at radius 3 is 2.35 bits per heavy atom. The second-order valence-corrected chi connectivity index (χ2v) is 7.33. The Balaban J connectivity index is 1.44. The molecular formula is C21H20N4S. The van der Waals surface area contributed by atoms with E-state index in [-0.39, 0.29) is 0 Å². The van der Waals surface area contributed by atoms with Crippen molar-refractivity contribution in [3.05, 3.63) is 70.9 Å². The minimum Gasteiger partial charge on any atom is -0.368 e. The number of fused-ring (bicyclic) bond motifs is 2. The van der Waals surface area contributed by atoms with Gasteiger partial charge in [0.25, 0.3) is 0 Å². The fraction of sp³-hybridized carbons (Fsp3) is 0.190. The molecule has 1 saturated heterocycles. The van der Waals surface area contributed by atoms with E-state index >= 15 is 0 Å². The van der Waals surface area contributed by atoms with Gasteiger partial charge in [0.05, 0.1) is 22.6 Å². The molecule has 5 heteroatoms. The minimum atomic E-state index is 0.977. The van der Waals surface area contributed by atoms with E-state index in [1.807, 2.05) is 6.07 Å². The van der Waals surface area contributed by atoms with Crippen molar-refractivity contribution in [3.8, 4) is 0 Å². The summed E-state index contributed by atoms with van der Waals surface area (Å²) in [5.41, 5.74) is 5.75. The third-order valence-electron chi connectivity index (χ3n) is 5.00. The maximum Gasteiger partial charge on any atom is 0.139 e. The number of hydrogen-bond acceptors (Lipinski definition) is 5. The van der Waals surface area contributed by atoms with Crippen molar-refractivity contribution in [1.82, 2.24) is 4.90 Å². The molecule has 0 saturated carbocycles. The van der Waals surface area contributed by atoms with Crippen LogP contribution < -0.4 is 10.2 Å². The number of anilines is 3. The molecule has 0 spiro atoms. The molecule has 3 aromatic rings. The van der Waals surface area contributed by atoms with Gasteiger partial charge >= 0.3 is 0 Å². The fourth-order valence-electron chi connectivity index (χ4n) is 3.62. The first-order chi connectivity index (χ1) is 12.9. The van der Waals surface area contributed by atoms with Crippen LogP contribution in [0, 0.1) is 0 Å². The lowest BCUT2D eigenvalue weighted by Gasteiger charge is -2.37. The zero-order valence-electron chi connectivity index (χ0n) is 14.4. The molecule has 3 heterocycles. The lowest BCUT2D eigenvalue weighted by atomic mass is 10.2. The molecule has 2 aromatic carbocycles. The van der Waals surface area contributed by atoms with Crippen LogP contribution in [0.2, 0.25) is 0 Å². The molecule has 2 aliphatic heterocycles.